The summed E-state index contributed by atoms with van der Waals surface area (Å²) >= 11 is 0. The molecule has 0 heterocycles. The Morgan fingerprint density at radius 2 is 1.89 bits per heavy atom. The Balaban J connectivity index is 2.38. The van der Waals surface area contributed by atoms with Crippen LogP contribution in [-0.2, 0) is 4.79 Å². The zero-order valence-electron chi connectivity index (χ0n) is 11.6. The molecule has 0 bridgehead atoms. The number of phenolic OH excluding ortho intramolecular Hbond substituents is 1. The van der Waals surface area contributed by atoms with Crippen molar-refractivity contribution in [3.05, 3.63) is 29.8 Å². The maximum absolute atomic E-state index is 11.5. The molecule has 4 nitrogen and oxygen atoms in total. The Kier molecular flexibility index (Phi) is 6.64. The molecule has 0 spiro atoms. The molecule has 0 aliphatic rings. The Morgan fingerprint density at radius 1 is 1.21 bits per heavy atom. The van der Waals surface area contributed by atoms with Gasteiger partial charge in [-0.25, -0.2) is 5.43 Å². The van der Waals surface area contributed by atoms with Crippen LogP contribution in [0.5, 0.6) is 5.75 Å². The van der Waals surface area contributed by atoms with E-state index in [4.69, 9.17) is 0 Å². The smallest absolute Gasteiger partial charge is 0.240 e. The largest absolute Gasteiger partial charge is 0.508 e. The molecule has 1 aromatic rings. The molecule has 0 atom stereocenters. The molecule has 0 aromatic heterocycles. The molecule has 0 radical (unpaired) electrons. The maximum atomic E-state index is 11.5. The van der Waals surface area contributed by atoms with Gasteiger partial charge in [0.05, 0.1) is 5.71 Å². The monoisotopic (exact) mass is 262 g/mol. The number of benzene rings is 1. The number of unbranched alkanes of at least 4 members (excludes halogenated alkanes) is 3. The summed E-state index contributed by atoms with van der Waals surface area (Å²) in [7, 11) is 0. The van der Waals surface area contributed by atoms with Crippen molar-refractivity contribution in [3.8, 4) is 5.75 Å². The number of hydrazone groups is 1. The molecular weight excluding hydrogens is 240 g/mol. The van der Waals surface area contributed by atoms with Gasteiger partial charge in [-0.05, 0) is 43.2 Å². The van der Waals surface area contributed by atoms with Gasteiger partial charge in [0.1, 0.15) is 5.75 Å². The number of amides is 1. The van der Waals surface area contributed by atoms with Crippen LogP contribution in [-0.4, -0.2) is 16.7 Å². The van der Waals surface area contributed by atoms with Crippen LogP contribution >= 0.6 is 0 Å². The number of hydrogen-bond acceptors (Lipinski definition) is 3. The van der Waals surface area contributed by atoms with Crippen LogP contribution in [0.2, 0.25) is 0 Å². The van der Waals surface area contributed by atoms with E-state index in [-0.39, 0.29) is 11.7 Å². The first-order valence-electron chi connectivity index (χ1n) is 6.76. The van der Waals surface area contributed by atoms with Gasteiger partial charge in [0.15, 0.2) is 0 Å². The summed E-state index contributed by atoms with van der Waals surface area (Å²) in [6.07, 6.45) is 4.85. The third-order valence-electron chi connectivity index (χ3n) is 2.89. The lowest BCUT2D eigenvalue weighted by molar-refractivity contribution is -0.121. The highest BCUT2D eigenvalue weighted by molar-refractivity contribution is 5.99. The van der Waals surface area contributed by atoms with Crippen LogP contribution < -0.4 is 5.43 Å². The molecule has 1 aromatic carbocycles. The van der Waals surface area contributed by atoms with E-state index in [2.05, 4.69) is 17.5 Å². The van der Waals surface area contributed by atoms with Crippen LogP contribution in [0.15, 0.2) is 29.4 Å². The Hall–Kier alpha value is -1.84. The minimum atomic E-state index is -0.0470. The van der Waals surface area contributed by atoms with Gasteiger partial charge in [0, 0.05) is 6.42 Å². The number of phenols is 1. The quantitative estimate of drug-likeness (QED) is 0.450. The van der Waals surface area contributed by atoms with Crippen molar-refractivity contribution < 1.29 is 9.90 Å². The number of hydrogen-bond donors (Lipinski definition) is 2. The zero-order valence-corrected chi connectivity index (χ0v) is 11.6. The summed E-state index contributed by atoms with van der Waals surface area (Å²) in [4.78, 5) is 11.5. The van der Waals surface area contributed by atoms with Crippen molar-refractivity contribution >= 4 is 11.6 Å². The minimum Gasteiger partial charge on any atom is -0.508 e. The summed E-state index contributed by atoms with van der Waals surface area (Å²) in [6, 6.07) is 6.73. The number of aromatic hydroxyl groups is 1. The lowest BCUT2D eigenvalue weighted by Crippen LogP contribution is -2.18. The molecular formula is C15H22N2O2. The van der Waals surface area contributed by atoms with Crippen LogP contribution in [0.4, 0.5) is 0 Å². The van der Waals surface area contributed by atoms with E-state index in [0.29, 0.717) is 6.42 Å². The van der Waals surface area contributed by atoms with Crippen molar-refractivity contribution in [2.75, 3.05) is 0 Å². The van der Waals surface area contributed by atoms with E-state index < -0.39 is 0 Å². The summed E-state index contributed by atoms with van der Waals surface area (Å²) in [5.41, 5.74) is 4.16. The normalized spacial score (nSPS) is 11.4. The van der Waals surface area contributed by atoms with E-state index >= 15 is 0 Å². The third kappa shape index (κ3) is 6.04. The molecule has 19 heavy (non-hydrogen) atoms. The SMILES string of the molecule is CCCCCCC(=O)NN=C(C)c1ccc(O)cc1. The lowest BCUT2D eigenvalue weighted by atomic mass is 10.1. The molecule has 0 aliphatic heterocycles. The highest BCUT2D eigenvalue weighted by atomic mass is 16.3. The van der Waals surface area contributed by atoms with Crippen LogP contribution in [0.3, 0.4) is 0 Å². The van der Waals surface area contributed by atoms with Gasteiger partial charge in [-0.2, -0.15) is 5.10 Å². The Morgan fingerprint density at radius 3 is 2.53 bits per heavy atom. The summed E-state index contributed by atoms with van der Waals surface area (Å²) < 4.78 is 0. The summed E-state index contributed by atoms with van der Waals surface area (Å²) in [5, 5.41) is 13.2. The standard InChI is InChI=1S/C15H22N2O2/c1-3-4-5-6-7-15(19)17-16-12(2)13-8-10-14(18)11-9-13/h8-11,18H,3-7H2,1-2H3,(H,17,19). The van der Waals surface area contributed by atoms with Gasteiger partial charge in [-0.3, -0.25) is 4.79 Å². The fourth-order valence-electron chi connectivity index (χ4n) is 1.68. The molecule has 0 saturated heterocycles. The first kappa shape index (κ1) is 15.2. The number of nitrogens with one attached hydrogen (secondary N) is 1. The predicted octanol–water partition coefficient (Wildman–Crippen LogP) is 3.20. The molecule has 1 amide bonds. The van der Waals surface area contributed by atoms with Crippen molar-refractivity contribution in [2.45, 2.75) is 46.0 Å². The van der Waals surface area contributed by atoms with Crippen LogP contribution in [0.1, 0.15) is 51.5 Å². The molecule has 0 unspecified atom stereocenters. The molecule has 0 saturated carbocycles. The van der Waals surface area contributed by atoms with E-state index in [1.54, 1.807) is 24.3 Å². The first-order valence-corrected chi connectivity index (χ1v) is 6.76. The van der Waals surface area contributed by atoms with E-state index in [0.717, 1.165) is 24.1 Å². The maximum Gasteiger partial charge on any atom is 0.240 e. The molecule has 0 aliphatic carbocycles. The fourth-order valence-corrected chi connectivity index (χ4v) is 1.68. The van der Waals surface area contributed by atoms with E-state index in [1.165, 1.54) is 12.8 Å². The average molecular weight is 262 g/mol. The van der Waals surface area contributed by atoms with Gasteiger partial charge in [0.2, 0.25) is 5.91 Å². The second-order valence-electron chi connectivity index (χ2n) is 4.59. The van der Waals surface area contributed by atoms with Gasteiger partial charge in [-0.15, -0.1) is 0 Å². The zero-order chi connectivity index (χ0) is 14.1. The molecule has 0 fully saturated rings. The fraction of sp³-hybridized carbons (Fsp3) is 0.467. The first-order chi connectivity index (χ1) is 9.13. The van der Waals surface area contributed by atoms with Gasteiger partial charge in [0.25, 0.3) is 0 Å². The third-order valence-corrected chi connectivity index (χ3v) is 2.89. The van der Waals surface area contributed by atoms with E-state index in [1.807, 2.05) is 6.92 Å². The van der Waals surface area contributed by atoms with Crippen LogP contribution in [0, 0.1) is 0 Å². The second-order valence-corrected chi connectivity index (χ2v) is 4.59. The Labute approximate surface area is 114 Å². The van der Waals surface area contributed by atoms with Crippen molar-refractivity contribution in [3.63, 3.8) is 0 Å². The number of rotatable bonds is 7. The lowest BCUT2D eigenvalue weighted by Gasteiger charge is -2.03. The predicted molar refractivity (Wildman–Crippen MR) is 77.2 cm³/mol. The number of carbonyl (C=O) groups excluding carboxylic acids is 1. The van der Waals surface area contributed by atoms with Gasteiger partial charge >= 0.3 is 0 Å². The second kappa shape index (κ2) is 8.29. The molecule has 4 heteroatoms. The number of nitrogens with zero attached hydrogens (tertiary/aromatic N) is 1. The van der Waals surface area contributed by atoms with Crippen LogP contribution in [0.25, 0.3) is 0 Å². The molecule has 104 valence electrons. The van der Waals surface area contributed by atoms with Crippen molar-refractivity contribution in [1.82, 2.24) is 5.43 Å². The van der Waals surface area contributed by atoms with Gasteiger partial charge < -0.3 is 5.11 Å². The molecule has 1 rings (SSSR count). The minimum absolute atomic E-state index is 0.0470. The van der Waals surface area contributed by atoms with E-state index in [9.17, 15) is 9.90 Å². The van der Waals surface area contributed by atoms with Crippen molar-refractivity contribution in [2.24, 2.45) is 5.10 Å². The summed E-state index contributed by atoms with van der Waals surface area (Å²) in [5.74, 6) is 0.172. The van der Waals surface area contributed by atoms with Crippen molar-refractivity contribution in [1.29, 1.82) is 0 Å². The van der Waals surface area contributed by atoms with Gasteiger partial charge in [-0.1, -0.05) is 26.2 Å². The number of carbonyl (C=O) groups is 1. The Bertz CT molecular complexity index is 424. The average Bonchev–Trinajstić information content (AvgIpc) is 2.42. The highest BCUT2D eigenvalue weighted by Crippen LogP contribution is 2.10. The highest BCUT2D eigenvalue weighted by Gasteiger charge is 2.01. The summed E-state index contributed by atoms with van der Waals surface area (Å²) in [6.45, 7) is 3.97. The topological polar surface area (TPSA) is 61.7 Å². The molecule has 2 N–H and O–H groups in total.